The second-order valence-corrected chi connectivity index (χ2v) is 4.22. The number of carboxylic acid groups (broad SMARTS) is 1. The van der Waals surface area contributed by atoms with Crippen LogP contribution in [-0.4, -0.2) is 33.3 Å². The lowest BCUT2D eigenvalue weighted by Gasteiger charge is -2.12. The van der Waals surface area contributed by atoms with Gasteiger partial charge in [0.2, 0.25) is 0 Å². The Balaban J connectivity index is 3.84. The molecule has 13 heavy (non-hydrogen) atoms. The van der Waals surface area contributed by atoms with E-state index >= 15 is 0 Å². The summed E-state index contributed by atoms with van der Waals surface area (Å²) < 4.78 is 4.82. The number of hydrogen-bond donors (Lipinski definition) is 1. The third-order valence-electron chi connectivity index (χ3n) is 1.17. The molecule has 2 atom stereocenters. The molecule has 1 N–H and O–H groups in total. The minimum absolute atomic E-state index is 0.173. The van der Waals surface area contributed by atoms with Gasteiger partial charge in [0.05, 0.1) is 6.42 Å². The molecule has 6 heteroatoms. The number of alkyl halides is 2. The average molecular weight is 318 g/mol. The van der Waals surface area contributed by atoms with Crippen LogP contribution >= 0.6 is 31.9 Å². The largest absolute Gasteiger partial charge is 0.481 e. The zero-order chi connectivity index (χ0) is 10.4. The standard InChI is InChI=1S/C7H10Br2O4/c1-4(2-6(10)11)13-7(12)5(9)3-8/h4-5H,2-3H2,1H3,(H,10,11). The van der Waals surface area contributed by atoms with E-state index in [9.17, 15) is 9.59 Å². The van der Waals surface area contributed by atoms with Gasteiger partial charge in [-0.1, -0.05) is 31.9 Å². The van der Waals surface area contributed by atoms with Crippen LogP contribution in [0.15, 0.2) is 0 Å². The fourth-order valence-corrected chi connectivity index (χ4v) is 0.995. The fraction of sp³-hybridized carbons (Fsp3) is 0.714. The highest BCUT2D eigenvalue weighted by Crippen LogP contribution is 2.08. The van der Waals surface area contributed by atoms with Crippen LogP contribution in [0.4, 0.5) is 0 Å². The molecule has 0 rings (SSSR count). The molecule has 0 aromatic rings. The van der Waals surface area contributed by atoms with E-state index < -0.39 is 22.9 Å². The van der Waals surface area contributed by atoms with Crippen molar-refractivity contribution in [1.29, 1.82) is 0 Å². The molecule has 0 radical (unpaired) electrons. The van der Waals surface area contributed by atoms with E-state index in [4.69, 9.17) is 9.84 Å². The SMILES string of the molecule is CC(CC(=O)O)OC(=O)C(Br)CBr. The molecular weight excluding hydrogens is 308 g/mol. The topological polar surface area (TPSA) is 63.6 Å². The Morgan fingerprint density at radius 3 is 2.46 bits per heavy atom. The Morgan fingerprint density at radius 1 is 1.54 bits per heavy atom. The normalized spacial score (nSPS) is 14.7. The van der Waals surface area contributed by atoms with Crippen LogP contribution in [0.1, 0.15) is 13.3 Å². The van der Waals surface area contributed by atoms with Crippen molar-refractivity contribution in [3.05, 3.63) is 0 Å². The van der Waals surface area contributed by atoms with Gasteiger partial charge in [-0.3, -0.25) is 9.59 Å². The van der Waals surface area contributed by atoms with Gasteiger partial charge in [0.25, 0.3) is 0 Å². The summed E-state index contributed by atoms with van der Waals surface area (Å²) in [6.07, 6.45) is -0.766. The Bertz CT molecular complexity index is 195. The van der Waals surface area contributed by atoms with Gasteiger partial charge in [0, 0.05) is 5.33 Å². The maximum absolute atomic E-state index is 11.1. The highest BCUT2D eigenvalue weighted by molar-refractivity contribution is 9.12. The first-order chi connectivity index (χ1) is 5.97. The number of carbonyl (C=O) groups is 2. The Hall–Kier alpha value is -0.100. The Kier molecular flexibility index (Phi) is 6.32. The number of aliphatic carboxylic acids is 1. The maximum Gasteiger partial charge on any atom is 0.320 e. The number of esters is 1. The van der Waals surface area contributed by atoms with Crippen molar-refractivity contribution in [2.45, 2.75) is 24.3 Å². The molecule has 0 aromatic heterocycles. The molecule has 0 bridgehead atoms. The van der Waals surface area contributed by atoms with Gasteiger partial charge in [-0.25, -0.2) is 0 Å². The first kappa shape index (κ1) is 12.9. The van der Waals surface area contributed by atoms with E-state index in [1.807, 2.05) is 0 Å². The minimum atomic E-state index is -0.981. The smallest absolute Gasteiger partial charge is 0.320 e. The van der Waals surface area contributed by atoms with Crippen LogP contribution in [-0.2, 0) is 14.3 Å². The summed E-state index contributed by atoms with van der Waals surface area (Å²) in [5.74, 6) is -1.43. The molecule has 0 aliphatic carbocycles. The molecule has 2 unspecified atom stereocenters. The van der Waals surface area contributed by atoms with Gasteiger partial charge in [-0.15, -0.1) is 0 Å². The molecular formula is C7H10Br2O4. The van der Waals surface area contributed by atoms with Crippen LogP contribution < -0.4 is 0 Å². The summed E-state index contributed by atoms with van der Waals surface area (Å²) in [5.41, 5.74) is 0. The monoisotopic (exact) mass is 316 g/mol. The van der Waals surface area contributed by atoms with E-state index in [1.165, 1.54) is 0 Å². The molecule has 0 fully saturated rings. The molecule has 0 saturated heterocycles. The Labute approximate surface area is 92.9 Å². The lowest BCUT2D eigenvalue weighted by molar-refractivity contribution is -0.150. The van der Waals surface area contributed by atoms with E-state index in [0.29, 0.717) is 5.33 Å². The molecule has 0 aliphatic heterocycles. The van der Waals surface area contributed by atoms with E-state index in [-0.39, 0.29) is 6.42 Å². The molecule has 4 nitrogen and oxygen atoms in total. The van der Waals surface area contributed by atoms with Crippen LogP contribution in [0.5, 0.6) is 0 Å². The summed E-state index contributed by atoms with van der Waals surface area (Å²) in [4.78, 5) is 20.9. The van der Waals surface area contributed by atoms with Gasteiger partial charge >= 0.3 is 11.9 Å². The number of carboxylic acids is 1. The Morgan fingerprint density at radius 2 is 2.08 bits per heavy atom. The van der Waals surface area contributed by atoms with Gasteiger partial charge in [0.1, 0.15) is 10.9 Å². The predicted molar refractivity (Wildman–Crippen MR) is 54.3 cm³/mol. The third-order valence-corrected chi connectivity index (χ3v) is 3.38. The van der Waals surface area contributed by atoms with Crippen molar-refractivity contribution in [3.63, 3.8) is 0 Å². The average Bonchev–Trinajstić information content (AvgIpc) is 2.01. The second-order valence-electron chi connectivity index (χ2n) is 2.47. The van der Waals surface area contributed by atoms with Crippen LogP contribution in [0, 0.1) is 0 Å². The lowest BCUT2D eigenvalue weighted by atomic mass is 10.3. The summed E-state index contributed by atoms with van der Waals surface area (Å²) in [5, 5.41) is 8.82. The highest BCUT2D eigenvalue weighted by Gasteiger charge is 2.18. The predicted octanol–water partition coefficient (Wildman–Crippen LogP) is 1.55. The summed E-state index contributed by atoms with van der Waals surface area (Å²) in [6, 6.07) is 0. The van der Waals surface area contributed by atoms with Crippen molar-refractivity contribution >= 4 is 43.8 Å². The third kappa shape index (κ3) is 6.04. The van der Waals surface area contributed by atoms with Crippen molar-refractivity contribution in [3.8, 4) is 0 Å². The van der Waals surface area contributed by atoms with Crippen molar-refractivity contribution < 1.29 is 19.4 Å². The molecule has 76 valence electrons. The number of halogens is 2. The van der Waals surface area contributed by atoms with E-state index in [0.717, 1.165) is 0 Å². The molecule has 0 aliphatic rings. The molecule has 0 amide bonds. The van der Waals surface area contributed by atoms with Crippen molar-refractivity contribution in [2.75, 3.05) is 5.33 Å². The minimum Gasteiger partial charge on any atom is -0.481 e. The lowest BCUT2D eigenvalue weighted by Crippen LogP contribution is -2.25. The number of hydrogen-bond acceptors (Lipinski definition) is 3. The van der Waals surface area contributed by atoms with Gasteiger partial charge in [0.15, 0.2) is 0 Å². The van der Waals surface area contributed by atoms with Gasteiger partial charge in [-0.05, 0) is 6.92 Å². The molecule has 0 spiro atoms. The summed E-state index contributed by atoms with van der Waals surface area (Å²) in [7, 11) is 0. The summed E-state index contributed by atoms with van der Waals surface area (Å²) in [6.45, 7) is 1.54. The van der Waals surface area contributed by atoms with Crippen LogP contribution in [0.2, 0.25) is 0 Å². The number of carbonyl (C=O) groups excluding carboxylic acids is 1. The van der Waals surface area contributed by atoms with Crippen molar-refractivity contribution in [2.24, 2.45) is 0 Å². The zero-order valence-electron chi connectivity index (χ0n) is 7.00. The van der Waals surface area contributed by atoms with Gasteiger partial charge in [-0.2, -0.15) is 0 Å². The fourth-order valence-electron chi connectivity index (χ4n) is 0.623. The maximum atomic E-state index is 11.1. The quantitative estimate of drug-likeness (QED) is 0.617. The van der Waals surface area contributed by atoms with Crippen LogP contribution in [0.25, 0.3) is 0 Å². The first-order valence-electron chi connectivity index (χ1n) is 3.59. The van der Waals surface area contributed by atoms with Crippen LogP contribution in [0.3, 0.4) is 0 Å². The number of rotatable bonds is 5. The number of ether oxygens (including phenoxy) is 1. The summed E-state index contributed by atoms with van der Waals surface area (Å²) >= 11 is 6.16. The molecule has 0 saturated carbocycles. The van der Waals surface area contributed by atoms with E-state index in [1.54, 1.807) is 6.92 Å². The van der Waals surface area contributed by atoms with Crippen molar-refractivity contribution in [1.82, 2.24) is 0 Å². The first-order valence-corrected chi connectivity index (χ1v) is 5.63. The zero-order valence-corrected chi connectivity index (χ0v) is 10.2. The molecule has 0 aromatic carbocycles. The highest BCUT2D eigenvalue weighted by atomic mass is 79.9. The van der Waals surface area contributed by atoms with Gasteiger partial charge < -0.3 is 9.84 Å². The second kappa shape index (κ2) is 6.37. The molecule has 0 heterocycles. The van der Waals surface area contributed by atoms with E-state index in [2.05, 4.69) is 31.9 Å².